The summed E-state index contributed by atoms with van der Waals surface area (Å²) in [6.45, 7) is 8.07. The highest BCUT2D eigenvalue weighted by Gasteiger charge is 2.32. The van der Waals surface area contributed by atoms with Crippen molar-refractivity contribution < 1.29 is 18.4 Å². The Kier molecular flexibility index (Phi) is 8.50. The Bertz CT molecular complexity index is 1070. The lowest BCUT2D eigenvalue weighted by Crippen LogP contribution is -2.43. The fourth-order valence-electron chi connectivity index (χ4n) is 5.62. The van der Waals surface area contributed by atoms with E-state index >= 15 is 0 Å². The largest absolute Gasteiger partial charge is 0.371 e. The first-order valence-corrected chi connectivity index (χ1v) is 13.3. The zero-order valence-electron chi connectivity index (χ0n) is 21.0. The topological polar surface area (TPSA) is 43.9 Å². The molecule has 2 amide bonds. The monoisotopic (exact) mass is 517 g/mol. The Morgan fingerprint density at radius 2 is 1.47 bits per heavy atom. The second-order valence-electron chi connectivity index (χ2n) is 9.69. The summed E-state index contributed by atoms with van der Waals surface area (Å²) in [4.78, 5) is 31.0. The molecule has 5 nitrogen and oxygen atoms in total. The van der Waals surface area contributed by atoms with Crippen LogP contribution < -0.4 is 4.90 Å². The molecule has 0 unspecified atom stereocenters. The molecule has 0 N–H and O–H groups in total. The van der Waals surface area contributed by atoms with Gasteiger partial charge in [0.05, 0.1) is 10.6 Å². The van der Waals surface area contributed by atoms with Crippen molar-refractivity contribution in [2.24, 2.45) is 11.8 Å². The van der Waals surface area contributed by atoms with Gasteiger partial charge in [0, 0.05) is 45.0 Å². The van der Waals surface area contributed by atoms with E-state index in [-0.39, 0.29) is 5.91 Å². The van der Waals surface area contributed by atoms with Gasteiger partial charge in [0.25, 0.3) is 11.8 Å². The van der Waals surface area contributed by atoms with E-state index in [2.05, 4.69) is 4.90 Å². The van der Waals surface area contributed by atoms with Crippen molar-refractivity contribution >= 4 is 29.1 Å². The standard InChI is InChI=1S/C28H34ClF2N3O2/c1-3-32(4-2)27(35)22-9-8-21(18-23(22)29)33-14-10-19(11-15-33)20-12-16-34(17-13-20)28(36)26-24(30)6-5-7-25(26)31/h5-9,18-20H,3-4,10-17H2,1-2H3. The maximum atomic E-state index is 14.0. The number of benzene rings is 2. The summed E-state index contributed by atoms with van der Waals surface area (Å²) in [5.74, 6) is -1.15. The molecule has 2 saturated heterocycles. The van der Waals surface area contributed by atoms with E-state index in [0.29, 0.717) is 48.6 Å². The van der Waals surface area contributed by atoms with Crippen molar-refractivity contribution in [3.05, 3.63) is 64.2 Å². The number of hydrogen-bond donors (Lipinski definition) is 0. The molecule has 0 bridgehead atoms. The fourth-order valence-corrected chi connectivity index (χ4v) is 5.87. The predicted octanol–water partition coefficient (Wildman–Crippen LogP) is 5.87. The summed E-state index contributed by atoms with van der Waals surface area (Å²) >= 11 is 6.50. The summed E-state index contributed by atoms with van der Waals surface area (Å²) in [5, 5.41) is 0.481. The van der Waals surface area contributed by atoms with Gasteiger partial charge in [-0.2, -0.15) is 0 Å². The third-order valence-electron chi connectivity index (χ3n) is 7.81. The SMILES string of the molecule is CCN(CC)C(=O)c1ccc(N2CCC(C3CCN(C(=O)c4c(F)cccc4F)CC3)CC2)cc1Cl. The van der Waals surface area contributed by atoms with Gasteiger partial charge in [-0.05, 0) is 81.7 Å². The highest BCUT2D eigenvalue weighted by Crippen LogP contribution is 2.35. The number of amides is 2. The van der Waals surface area contributed by atoms with Gasteiger partial charge >= 0.3 is 0 Å². The quantitative estimate of drug-likeness (QED) is 0.481. The van der Waals surface area contributed by atoms with Crippen LogP contribution in [0, 0.1) is 23.5 Å². The first-order chi connectivity index (χ1) is 17.3. The molecule has 194 valence electrons. The molecule has 0 atom stereocenters. The van der Waals surface area contributed by atoms with E-state index in [1.807, 2.05) is 32.0 Å². The number of carbonyl (C=O) groups excluding carboxylic acids is 2. The van der Waals surface area contributed by atoms with E-state index in [1.165, 1.54) is 6.07 Å². The van der Waals surface area contributed by atoms with Crippen LogP contribution in [0.25, 0.3) is 0 Å². The van der Waals surface area contributed by atoms with E-state index < -0.39 is 23.1 Å². The number of likely N-dealkylation sites (tertiary alicyclic amines) is 1. The number of anilines is 1. The summed E-state index contributed by atoms with van der Waals surface area (Å²) < 4.78 is 28.1. The molecule has 2 aromatic carbocycles. The maximum absolute atomic E-state index is 14.0. The maximum Gasteiger partial charge on any atom is 0.259 e. The smallest absolute Gasteiger partial charge is 0.259 e. The Morgan fingerprint density at radius 3 is 2.00 bits per heavy atom. The Labute approximate surface area is 217 Å². The van der Waals surface area contributed by atoms with Crippen LogP contribution in [-0.2, 0) is 0 Å². The van der Waals surface area contributed by atoms with E-state index in [0.717, 1.165) is 56.6 Å². The van der Waals surface area contributed by atoms with Crippen LogP contribution in [0.5, 0.6) is 0 Å². The molecule has 2 fully saturated rings. The molecule has 8 heteroatoms. The second-order valence-corrected chi connectivity index (χ2v) is 10.1. The molecule has 2 heterocycles. The molecule has 0 saturated carbocycles. The molecular weight excluding hydrogens is 484 g/mol. The van der Waals surface area contributed by atoms with Gasteiger partial charge in [0.15, 0.2) is 0 Å². The summed E-state index contributed by atoms with van der Waals surface area (Å²) in [6.07, 6.45) is 3.78. The first-order valence-electron chi connectivity index (χ1n) is 12.9. The number of halogens is 3. The molecule has 0 spiro atoms. The van der Waals surface area contributed by atoms with Crippen LogP contribution in [-0.4, -0.2) is 60.9 Å². The van der Waals surface area contributed by atoms with Crippen molar-refractivity contribution in [2.45, 2.75) is 39.5 Å². The van der Waals surface area contributed by atoms with Gasteiger partial charge in [0.1, 0.15) is 17.2 Å². The third kappa shape index (κ3) is 5.51. The minimum Gasteiger partial charge on any atom is -0.371 e. The summed E-state index contributed by atoms with van der Waals surface area (Å²) in [6, 6.07) is 9.23. The van der Waals surface area contributed by atoms with Crippen molar-refractivity contribution in [3.8, 4) is 0 Å². The molecule has 0 aliphatic carbocycles. The minimum atomic E-state index is -0.806. The zero-order valence-corrected chi connectivity index (χ0v) is 21.7. The Balaban J connectivity index is 1.30. The van der Waals surface area contributed by atoms with Crippen LogP contribution >= 0.6 is 11.6 Å². The van der Waals surface area contributed by atoms with Gasteiger partial charge < -0.3 is 14.7 Å². The summed E-state index contributed by atoms with van der Waals surface area (Å²) in [7, 11) is 0. The Morgan fingerprint density at radius 1 is 0.917 bits per heavy atom. The van der Waals surface area contributed by atoms with Crippen LogP contribution in [0.15, 0.2) is 36.4 Å². The minimum absolute atomic E-state index is 0.0437. The lowest BCUT2D eigenvalue weighted by molar-refractivity contribution is 0.0635. The van der Waals surface area contributed by atoms with Gasteiger partial charge in [-0.1, -0.05) is 17.7 Å². The number of carbonyl (C=O) groups is 2. The number of rotatable bonds is 6. The number of nitrogens with zero attached hydrogens (tertiary/aromatic N) is 3. The van der Waals surface area contributed by atoms with Crippen LogP contribution in [0.3, 0.4) is 0 Å². The molecule has 2 aliphatic rings. The van der Waals surface area contributed by atoms with E-state index in [9.17, 15) is 18.4 Å². The van der Waals surface area contributed by atoms with Gasteiger partial charge in [-0.25, -0.2) is 8.78 Å². The zero-order chi connectivity index (χ0) is 25.8. The van der Waals surface area contributed by atoms with Crippen molar-refractivity contribution in [3.63, 3.8) is 0 Å². The highest BCUT2D eigenvalue weighted by molar-refractivity contribution is 6.34. The fraction of sp³-hybridized carbons (Fsp3) is 0.500. The second kappa shape index (κ2) is 11.6. The van der Waals surface area contributed by atoms with Crippen LogP contribution in [0.2, 0.25) is 5.02 Å². The molecule has 4 rings (SSSR count). The summed E-state index contributed by atoms with van der Waals surface area (Å²) in [5.41, 5.74) is 1.12. The third-order valence-corrected chi connectivity index (χ3v) is 8.12. The van der Waals surface area contributed by atoms with Crippen molar-refractivity contribution in [2.75, 3.05) is 44.2 Å². The molecule has 0 aromatic heterocycles. The molecule has 0 radical (unpaired) electrons. The van der Waals surface area contributed by atoms with Crippen molar-refractivity contribution in [1.82, 2.24) is 9.80 Å². The van der Waals surface area contributed by atoms with Gasteiger partial charge in [-0.3, -0.25) is 9.59 Å². The molecule has 36 heavy (non-hydrogen) atoms. The Hall–Kier alpha value is -2.67. The number of hydrogen-bond acceptors (Lipinski definition) is 3. The normalized spacial score (nSPS) is 17.4. The number of piperidine rings is 2. The first kappa shape index (κ1) is 26.4. The predicted molar refractivity (Wildman–Crippen MR) is 139 cm³/mol. The highest BCUT2D eigenvalue weighted by atomic mass is 35.5. The lowest BCUT2D eigenvalue weighted by atomic mass is 9.78. The molecule has 2 aromatic rings. The van der Waals surface area contributed by atoms with Gasteiger partial charge in [-0.15, -0.1) is 0 Å². The van der Waals surface area contributed by atoms with Crippen LogP contribution in [0.1, 0.15) is 60.2 Å². The van der Waals surface area contributed by atoms with E-state index in [4.69, 9.17) is 11.6 Å². The average molecular weight is 518 g/mol. The van der Waals surface area contributed by atoms with E-state index in [1.54, 1.807) is 9.80 Å². The lowest BCUT2D eigenvalue weighted by Gasteiger charge is -2.41. The average Bonchev–Trinajstić information content (AvgIpc) is 2.89. The molecule has 2 aliphatic heterocycles. The molecular formula is C28H34ClF2N3O2. The van der Waals surface area contributed by atoms with Crippen molar-refractivity contribution in [1.29, 1.82) is 0 Å². The van der Waals surface area contributed by atoms with Crippen LogP contribution in [0.4, 0.5) is 14.5 Å². The van der Waals surface area contributed by atoms with Gasteiger partial charge in [0.2, 0.25) is 0 Å².